The van der Waals surface area contributed by atoms with E-state index in [0.717, 1.165) is 30.8 Å². The van der Waals surface area contributed by atoms with Crippen LogP contribution in [0.15, 0.2) is 48.5 Å². The first-order chi connectivity index (χ1) is 9.66. The van der Waals surface area contributed by atoms with Crippen molar-refractivity contribution in [3.8, 4) is 0 Å². The number of rotatable bonds is 2. The second-order valence-corrected chi connectivity index (χ2v) is 9.09. The molecule has 0 fully saturated rings. The van der Waals surface area contributed by atoms with E-state index in [4.69, 9.17) is 0 Å². The van der Waals surface area contributed by atoms with Crippen LogP contribution in [-0.2, 0) is 12.4 Å². The van der Waals surface area contributed by atoms with Crippen molar-refractivity contribution in [1.29, 1.82) is 0 Å². The van der Waals surface area contributed by atoms with Gasteiger partial charge in [0.1, 0.15) is 0 Å². The zero-order chi connectivity index (χ0) is 15.7. The molecule has 0 nitrogen and oxygen atoms in total. The Kier molecular flexibility index (Phi) is 4.61. The fourth-order valence-corrected chi connectivity index (χ4v) is 5.08. The van der Waals surface area contributed by atoms with Gasteiger partial charge in [-0.2, -0.15) is 0 Å². The van der Waals surface area contributed by atoms with Gasteiger partial charge in [0, 0.05) is 0 Å². The Morgan fingerprint density at radius 3 is 1.05 bits per heavy atom. The Morgan fingerprint density at radius 1 is 0.524 bits per heavy atom. The first kappa shape index (κ1) is 16.3. The molecule has 111 valence electrons. The van der Waals surface area contributed by atoms with E-state index in [2.05, 4.69) is 0 Å². The Labute approximate surface area is 128 Å². The van der Waals surface area contributed by atoms with Crippen molar-refractivity contribution in [3.05, 3.63) is 59.7 Å². The zero-order valence-electron chi connectivity index (χ0n) is 10.3. The van der Waals surface area contributed by atoms with Gasteiger partial charge in [-0.25, -0.2) is 0 Å². The molecular formula is C14H8BiF6. The number of halogens is 6. The van der Waals surface area contributed by atoms with Crippen LogP contribution in [0.1, 0.15) is 11.1 Å². The molecule has 2 rings (SSSR count). The molecule has 0 unspecified atom stereocenters. The Balaban J connectivity index is 2.12. The van der Waals surface area contributed by atoms with E-state index >= 15 is 0 Å². The average Bonchev–Trinajstić information content (AvgIpc) is 2.38. The van der Waals surface area contributed by atoms with Crippen LogP contribution in [0.3, 0.4) is 0 Å². The fourth-order valence-electron chi connectivity index (χ4n) is 1.60. The number of hydrogen-bond donors (Lipinski definition) is 0. The molecule has 2 aromatic rings. The first-order valence-corrected chi connectivity index (χ1v) is 9.20. The van der Waals surface area contributed by atoms with Crippen molar-refractivity contribution in [2.75, 3.05) is 0 Å². The van der Waals surface area contributed by atoms with E-state index in [1.54, 1.807) is 0 Å². The van der Waals surface area contributed by atoms with Crippen LogP contribution in [0, 0.1) is 0 Å². The summed E-state index contributed by atoms with van der Waals surface area (Å²) < 4.78 is 76.0. The van der Waals surface area contributed by atoms with Gasteiger partial charge >= 0.3 is 128 Å². The summed E-state index contributed by atoms with van der Waals surface area (Å²) in [4.78, 5) is 0. The molecule has 0 N–H and O–H groups in total. The van der Waals surface area contributed by atoms with E-state index in [9.17, 15) is 26.3 Å². The Bertz CT molecular complexity index is 540. The fraction of sp³-hybridized carbons (Fsp3) is 0.143. The molecule has 0 aromatic heterocycles. The predicted molar refractivity (Wildman–Crippen MR) is 67.9 cm³/mol. The molecule has 0 aliphatic rings. The van der Waals surface area contributed by atoms with Gasteiger partial charge in [-0.3, -0.25) is 0 Å². The predicted octanol–water partition coefficient (Wildman–Crippen LogP) is 3.38. The molecule has 0 spiro atoms. The summed E-state index contributed by atoms with van der Waals surface area (Å²) in [5, 5.41) is 0. The third-order valence-electron chi connectivity index (χ3n) is 2.65. The van der Waals surface area contributed by atoms with Gasteiger partial charge in [0.25, 0.3) is 0 Å². The normalized spacial score (nSPS) is 12.5. The third kappa shape index (κ3) is 4.43. The minimum atomic E-state index is -4.38. The van der Waals surface area contributed by atoms with Gasteiger partial charge in [0.05, 0.1) is 0 Å². The molecule has 21 heavy (non-hydrogen) atoms. The molecule has 0 amide bonds. The standard InChI is InChI=1S/2C7H4F3.Bi/c2*8-7(9,10)6-4-2-1-3-5-6;/h2*2-5H;. The van der Waals surface area contributed by atoms with E-state index in [0.29, 0.717) is 0 Å². The zero-order valence-corrected chi connectivity index (χ0v) is 13.8. The average molecular weight is 499 g/mol. The number of alkyl halides is 6. The summed E-state index contributed by atoms with van der Waals surface area (Å²) in [7, 11) is 0. The molecule has 0 bridgehead atoms. The van der Waals surface area contributed by atoms with Crippen LogP contribution in [0.2, 0.25) is 0 Å². The Morgan fingerprint density at radius 2 is 0.810 bits per heavy atom. The van der Waals surface area contributed by atoms with Gasteiger partial charge in [-0.05, 0) is 0 Å². The first-order valence-electron chi connectivity index (χ1n) is 5.72. The molecule has 2 aromatic carbocycles. The summed E-state index contributed by atoms with van der Waals surface area (Å²) in [5.74, 6) is 0. The molecule has 0 saturated heterocycles. The quantitative estimate of drug-likeness (QED) is 0.440. The van der Waals surface area contributed by atoms with Gasteiger partial charge in [-0.15, -0.1) is 0 Å². The van der Waals surface area contributed by atoms with Crippen molar-refractivity contribution < 1.29 is 26.3 Å². The molecule has 7 heteroatoms. The third-order valence-corrected chi connectivity index (χ3v) is 6.97. The molecule has 0 atom stereocenters. The molecule has 0 heterocycles. The van der Waals surface area contributed by atoms with Crippen LogP contribution in [-0.4, -0.2) is 23.2 Å². The summed E-state index contributed by atoms with van der Waals surface area (Å²) in [6.07, 6.45) is -8.75. The second kappa shape index (κ2) is 5.95. The van der Waals surface area contributed by atoms with Crippen LogP contribution >= 0.6 is 0 Å². The summed E-state index contributed by atoms with van der Waals surface area (Å²) in [6.45, 7) is 0. The van der Waals surface area contributed by atoms with Crippen LogP contribution in [0.25, 0.3) is 0 Å². The summed E-state index contributed by atoms with van der Waals surface area (Å²) in [6, 6.07) is 9.61. The minimum absolute atomic E-state index is 0.722. The molecule has 0 aliphatic carbocycles. The molecule has 0 aliphatic heterocycles. The monoisotopic (exact) mass is 499 g/mol. The van der Waals surface area contributed by atoms with Gasteiger partial charge in [0.15, 0.2) is 0 Å². The summed E-state index contributed by atoms with van der Waals surface area (Å²) >= 11 is -1.50. The SMILES string of the molecule is FC(F)(F)c1cc[c]([Bi][c]2ccc(C(F)(F)F)cc2)cc1. The van der Waals surface area contributed by atoms with Crippen molar-refractivity contribution in [2.45, 2.75) is 12.4 Å². The van der Waals surface area contributed by atoms with Crippen LogP contribution in [0.4, 0.5) is 26.3 Å². The van der Waals surface area contributed by atoms with Gasteiger partial charge in [-0.1, -0.05) is 0 Å². The van der Waals surface area contributed by atoms with E-state index in [1.165, 1.54) is 24.3 Å². The molecule has 1 radical (unpaired) electrons. The van der Waals surface area contributed by atoms with Crippen LogP contribution in [0.5, 0.6) is 0 Å². The maximum absolute atomic E-state index is 12.4. The van der Waals surface area contributed by atoms with Crippen molar-refractivity contribution in [2.24, 2.45) is 0 Å². The second-order valence-electron chi connectivity index (χ2n) is 4.20. The molecule has 0 saturated carbocycles. The maximum atomic E-state index is 12.4. The topological polar surface area (TPSA) is 0 Å². The van der Waals surface area contributed by atoms with E-state index in [-0.39, 0.29) is 0 Å². The van der Waals surface area contributed by atoms with Gasteiger partial charge < -0.3 is 0 Å². The number of hydrogen-bond acceptors (Lipinski definition) is 0. The van der Waals surface area contributed by atoms with Crippen LogP contribution < -0.4 is 6.54 Å². The number of benzene rings is 2. The van der Waals surface area contributed by atoms with Gasteiger partial charge in [0.2, 0.25) is 0 Å². The van der Waals surface area contributed by atoms with Crippen molar-refractivity contribution in [3.63, 3.8) is 0 Å². The van der Waals surface area contributed by atoms with E-state index in [1.807, 2.05) is 0 Å². The molecular weight excluding hydrogens is 491 g/mol. The van der Waals surface area contributed by atoms with Crippen molar-refractivity contribution >= 4 is 29.8 Å². The summed E-state index contributed by atoms with van der Waals surface area (Å²) in [5.41, 5.74) is -1.44. The Hall–Kier alpha value is -1.10. The van der Waals surface area contributed by atoms with E-state index < -0.39 is 46.7 Å². The van der Waals surface area contributed by atoms with Crippen molar-refractivity contribution in [1.82, 2.24) is 0 Å².